The fraction of sp³-hybridized carbons (Fsp3) is 0.556. The summed E-state index contributed by atoms with van der Waals surface area (Å²) in [6.45, 7) is 1.18. The van der Waals surface area contributed by atoms with Gasteiger partial charge in [0.05, 0.1) is 17.9 Å². The normalized spacial score (nSPS) is 20.8. The standard InChI is InChI=1S/C18H21FN6O2/c1-21-14(4-6-20)10-5-7-24(9-10)16-13(19)8-12-15(22-16)25(11-2-3-11)18(27)23-17(12)26/h8,10-11,14,21H,2-5,7,9H2,1H3,(H,23,26,27). The van der Waals surface area contributed by atoms with Crippen molar-refractivity contribution in [3.63, 3.8) is 0 Å². The highest BCUT2D eigenvalue weighted by Gasteiger charge is 2.32. The Bertz CT molecular complexity index is 1040. The number of nitrogens with zero attached hydrogens (tertiary/aromatic N) is 4. The van der Waals surface area contributed by atoms with Crippen molar-refractivity contribution in [1.29, 1.82) is 5.26 Å². The van der Waals surface area contributed by atoms with Crippen LogP contribution in [-0.4, -0.2) is 40.7 Å². The minimum Gasteiger partial charge on any atom is -0.354 e. The van der Waals surface area contributed by atoms with Crippen molar-refractivity contribution in [2.45, 2.75) is 37.8 Å². The molecule has 1 aliphatic carbocycles. The SMILES string of the molecule is CNC(CC#N)C1CCN(c2nc3c(cc2F)c(=O)[nH]c(=O)n3C2CC2)C1. The van der Waals surface area contributed by atoms with Gasteiger partial charge in [-0.05, 0) is 38.3 Å². The second kappa shape index (κ2) is 6.78. The van der Waals surface area contributed by atoms with E-state index in [4.69, 9.17) is 5.26 Å². The van der Waals surface area contributed by atoms with Gasteiger partial charge in [0.15, 0.2) is 17.3 Å². The molecule has 8 nitrogen and oxygen atoms in total. The van der Waals surface area contributed by atoms with Gasteiger partial charge >= 0.3 is 5.69 Å². The first-order valence-corrected chi connectivity index (χ1v) is 9.17. The number of hydrogen-bond acceptors (Lipinski definition) is 6. The lowest BCUT2D eigenvalue weighted by Gasteiger charge is -2.22. The van der Waals surface area contributed by atoms with Crippen LogP contribution in [0.25, 0.3) is 11.0 Å². The van der Waals surface area contributed by atoms with Crippen LogP contribution in [0.5, 0.6) is 0 Å². The lowest BCUT2D eigenvalue weighted by molar-refractivity contribution is 0.406. The summed E-state index contributed by atoms with van der Waals surface area (Å²) in [5, 5.41) is 12.2. The molecule has 9 heteroatoms. The largest absolute Gasteiger partial charge is 0.354 e. The molecular weight excluding hydrogens is 351 g/mol. The van der Waals surface area contributed by atoms with Gasteiger partial charge in [-0.3, -0.25) is 14.3 Å². The molecule has 2 unspecified atom stereocenters. The Morgan fingerprint density at radius 2 is 2.22 bits per heavy atom. The number of pyridine rings is 1. The number of rotatable bonds is 5. The fourth-order valence-corrected chi connectivity index (χ4v) is 3.95. The van der Waals surface area contributed by atoms with Crippen LogP contribution in [0.1, 0.15) is 31.7 Å². The molecule has 0 aromatic carbocycles. The van der Waals surface area contributed by atoms with Gasteiger partial charge in [0.25, 0.3) is 5.56 Å². The Morgan fingerprint density at radius 1 is 1.44 bits per heavy atom. The molecule has 2 N–H and O–H groups in total. The van der Waals surface area contributed by atoms with Crippen molar-refractivity contribution in [3.05, 3.63) is 32.7 Å². The molecule has 0 spiro atoms. The van der Waals surface area contributed by atoms with Gasteiger partial charge in [-0.25, -0.2) is 14.2 Å². The molecule has 2 aliphatic rings. The summed E-state index contributed by atoms with van der Waals surface area (Å²) in [6, 6.07) is 3.40. The van der Waals surface area contributed by atoms with E-state index < -0.39 is 17.1 Å². The predicted octanol–water partition coefficient (Wildman–Crippen LogP) is 0.887. The Labute approximate surface area is 154 Å². The molecule has 1 saturated heterocycles. The average molecular weight is 372 g/mol. The van der Waals surface area contributed by atoms with E-state index in [1.807, 2.05) is 11.9 Å². The Kier molecular flexibility index (Phi) is 4.44. The molecule has 4 rings (SSSR count). The number of nitriles is 1. The van der Waals surface area contributed by atoms with Crippen LogP contribution >= 0.6 is 0 Å². The maximum atomic E-state index is 14.7. The van der Waals surface area contributed by atoms with E-state index in [9.17, 15) is 14.0 Å². The van der Waals surface area contributed by atoms with E-state index in [1.165, 1.54) is 10.6 Å². The lowest BCUT2D eigenvalue weighted by atomic mass is 9.97. The van der Waals surface area contributed by atoms with Gasteiger partial charge in [-0.15, -0.1) is 0 Å². The molecule has 2 atom stereocenters. The summed E-state index contributed by atoms with van der Waals surface area (Å²) in [5.74, 6) is -0.205. The van der Waals surface area contributed by atoms with E-state index in [0.717, 1.165) is 19.3 Å². The second-order valence-corrected chi connectivity index (χ2v) is 7.28. The van der Waals surface area contributed by atoms with Gasteiger partial charge in [0, 0.05) is 25.2 Å². The third-order valence-corrected chi connectivity index (χ3v) is 5.54. The Balaban J connectivity index is 1.74. The van der Waals surface area contributed by atoms with E-state index in [0.29, 0.717) is 19.5 Å². The van der Waals surface area contributed by atoms with Gasteiger partial charge in [0.1, 0.15) is 0 Å². The monoisotopic (exact) mass is 372 g/mol. The molecular formula is C18H21FN6O2. The summed E-state index contributed by atoms with van der Waals surface area (Å²) in [6.07, 6.45) is 2.90. The third kappa shape index (κ3) is 3.10. The summed E-state index contributed by atoms with van der Waals surface area (Å²) in [5.41, 5.74) is -0.870. The van der Waals surface area contributed by atoms with E-state index >= 15 is 0 Å². The molecule has 27 heavy (non-hydrogen) atoms. The first-order chi connectivity index (χ1) is 13.0. The van der Waals surface area contributed by atoms with Gasteiger partial charge < -0.3 is 10.2 Å². The number of H-pyrrole nitrogens is 1. The molecule has 0 bridgehead atoms. The van der Waals surface area contributed by atoms with Crippen molar-refractivity contribution >= 4 is 16.9 Å². The zero-order valence-corrected chi connectivity index (χ0v) is 15.0. The molecule has 0 radical (unpaired) electrons. The van der Waals surface area contributed by atoms with E-state index in [2.05, 4.69) is 21.4 Å². The zero-order chi connectivity index (χ0) is 19.1. The number of nitrogens with one attached hydrogen (secondary N) is 2. The van der Waals surface area contributed by atoms with Crippen molar-refractivity contribution in [2.24, 2.45) is 5.92 Å². The number of aromatic nitrogens is 3. The molecule has 2 aromatic rings. The molecule has 2 aromatic heterocycles. The molecule has 1 saturated carbocycles. The maximum absolute atomic E-state index is 14.7. The Hall–Kier alpha value is -2.73. The number of halogens is 1. The highest BCUT2D eigenvalue weighted by molar-refractivity contribution is 5.76. The summed E-state index contributed by atoms with van der Waals surface area (Å²) < 4.78 is 16.2. The topological polar surface area (TPSA) is 107 Å². The number of fused-ring (bicyclic) bond motifs is 1. The minimum atomic E-state index is -0.617. The molecule has 142 valence electrons. The van der Waals surface area contributed by atoms with Crippen LogP contribution in [-0.2, 0) is 0 Å². The zero-order valence-electron chi connectivity index (χ0n) is 15.0. The molecule has 2 fully saturated rings. The van der Waals surface area contributed by atoms with Gasteiger partial charge in [-0.1, -0.05) is 0 Å². The summed E-state index contributed by atoms with van der Waals surface area (Å²) >= 11 is 0. The quantitative estimate of drug-likeness (QED) is 0.807. The summed E-state index contributed by atoms with van der Waals surface area (Å²) in [7, 11) is 1.82. The number of aromatic amines is 1. The van der Waals surface area contributed by atoms with E-state index in [1.54, 1.807) is 0 Å². The van der Waals surface area contributed by atoms with Crippen molar-refractivity contribution in [3.8, 4) is 6.07 Å². The molecule has 3 heterocycles. The molecule has 1 aliphatic heterocycles. The van der Waals surface area contributed by atoms with Gasteiger partial charge in [-0.2, -0.15) is 5.26 Å². The van der Waals surface area contributed by atoms with Crippen LogP contribution in [0, 0.1) is 23.1 Å². The smallest absolute Gasteiger partial charge is 0.330 e. The minimum absolute atomic E-state index is 0.0123. The van der Waals surface area contributed by atoms with Crippen LogP contribution in [0.15, 0.2) is 15.7 Å². The van der Waals surface area contributed by atoms with Crippen LogP contribution in [0.4, 0.5) is 10.2 Å². The van der Waals surface area contributed by atoms with Crippen LogP contribution in [0.2, 0.25) is 0 Å². The van der Waals surface area contributed by atoms with Crippen LogP contribution in [0.3, 0.4) is 0 Å². The lowest BCUT2D eigenvalue weighted by Crippen LogP contribution is -2.35. The highest BCUT2D eigenvalue weighted by atomic mass is 19.1. The van der Waals surface area contributed by atoms with Crippen LogP contribution < -0.4 is 21.5 Å². The predicted molar refractivity (Wildman–Crippen MR) is 98.3 cm³/mol. The second-order valence-electron chi connectivity index (χ2n) is 7.28. The van der Waals surface area contributed by atoms with Gasteiger partial charge in [0.2, 0.25) is 0 Å². The number of hydrogen-bond donors (Lipinski definition) is 2. The van der Waals surface area contributed by atoms with Crippen molar-refractivity contribution in [2.75, 3.05) is 25.0 Å². The average Bonchev–Trinajstić information content (AvgIpc) is 3.35. The van der Waals surface area contributed by atoms with Crippen molar-refractivity contribution < 1.29 is 4.39 Å². The third-order valence-electron chi connectivity index (χ3n) is 5.54. The first-order valence-electron chi connectivity index (χ1n) is 9.17. The Morgan fingerprint density at radius 3 is 2.89 bits per heavy atom. The fourth-order valence-electron chi connectivity index (χ4n) is 3.95. The summed E-state index contributed by atoms with van der Waals surface area (Å²) in [4.78, 5) is 32.8. The van der Waals surface area contributed by atoms with E-state index in [-0.39, 0.29) is 34.9 Å². The highest BCUT2D eigenvalue weighted by Crippen LogP contribution is 2.36. The van der Waals surface area contributed by atoms with Crippen molar-refractivity contribution in [1.82, 2.24) is 19.9 Å². The number of anilines is 1. The first kappa shape index (κ1) is 17.7. The maximum Gasteiger partial charge on any atom is 0.330 e. The molecule has 0 amide bonds.